The number of fused-ring (bicyclic) bond motifs is 3. The van der Waals surface area contributed by atoms with E-state index in [1.807, 2.05) is 31.2 Å². The molecule has 6 nitrogen and oxygen atoms in total. The summed E-state index contributed by atoms with van der Waals surface area (Å²) < 4.78 is 0. The molecule has 0 radical (unpaired) electrons. The van der Waals surface area contributed by atoms with Crippen molar-refractivity contribution in [2.45, 2.75) is 26.2 Å². The second-order valence-corrected chi connectivity index (χ2v) is 7.86. The van der Waals surface area contributed by atoms with Gasteiger partial charge in [-0.2, -0.15) is 0 Å². The first kappa shape index (κ1) is 17.0. The third-order valence-electron chi connectivity index (χ3n) is 5.79. The van der Waals surface area contributed by atoms with Gasteiger partial charge in [0.15, 0.2) is 5.82 Å². The van der Waals surface area contributed by atoms with E-state index in [0.29, 0.717) is 6.54 Å². The molecule has 5 rings (SSSR count). The summed E-state index contributed by atoms with van der Waals surface area (Å²) in [5.74, 6) is 1.13. The summed E-state index contributed by atoms with van der Waals surface area (Å²) in [6, 6.07) is 7.99. The fourth-order valence-electron chi connectivity index (χ4n) is 4.30. The lowest BCUT2D eigenvalue weighted by molar-refractivity contribution is 0.0940. The normalized spacial score (nSPS) is 20.8. The van der Waals surface area contributed by atoms with Gasteiger partial charge in [-0.1, -0.05) is 23.8 Å². The molecule has 1 amide bonds. The predicted molar refractivity (Wildman–Crippen MR) is 111 cm³/mol. The van der Waals surface area contributed by atoms with Gasteiger partial charge in [0.25, 0.3) is 5.91 Å². The largest absolute Gasteiger partial charge is 0.357 e. The number of H-pyrrole nitrogens is 1. The van der Waals surface area contributed by atoms with Crippen molar-refractivity contribution in [2.75, 3.05) is 25.0 Å². The lowest BCUT2D eigenvalue weighted by Gasteiger charge is -2.24. The Labute approximate surface area is 163 Å². The number of nitrogens with zero attached hydrogens (tertiary/aromatic N) is 3. The van der Waals surface area contributed by atoms with Crippen molar-refractivity contribution in [1.29, 1.82) is 0 Å². The number of carbonyl (C=O) groups is 1. The lowest BCUT2D eigenvalue weighted by Crippen LogP contribution is -2.34. The quantitative estimate of drug-likeness (QED) is 0.591. The van der Waals surface area contributed by atoms with E-state index in [1.54, 1.807) is 0 Å². The molecule has 2 aliphatic heterocycles. The van der Waals surface area contributed by atoms with Crippen LogP contribution >= 0.6 is 0 Å². The van der Waals surface area contributed by atoms with Crippen LogP contribution in [0.4, 0.5) is 5.82 Å². The molecule has 3 aromatic rings. The average molecular weight is 373 g/mol. The summed E-state index contributed by atoms with van der Waals surface area (Å²) in [4.78, 5) is 27.9. The van der Waals surface area contributed by atoms with E-state index in [9.17, 15) is 4.79 Å². The molecule has 28 heavy (non-hydrogen) atoms. The Kier molecular flexibility index (Phi) is 3.75. The third kappa shape index (κ3) is 2.59. The molecular formula is C22H23N5O. The van der Waals surface area contributed by atoms with E-state index in [0.717, 1.165) is 58.0 Å². The molecule has 2 aliphatic rings. The molecule has 2 aromatic heterocycles. The highest BCUT2D eigenvalue weighted by Gasteiger charge is 2.29. The third-order valence-corrected chi connectivity index (χ3v) is 5.79. The number of carbonyl (C=O) groups excluding carboxylic acids is 1. The van der Waals surface area contributed by atoms with Crippen molar-refractivity contribution in [3.63, 3.8) is 0 Å². The minimum Gasteiger partial charge on any atom is -0.357 e. The van der Waals surface area contributed by atoms with Crippen molar-refractivity contribution in [3.8, 4) is 11.3 Å². The summed E-state index contributed by atoms with van der Waals surface area (Å²) in [5, 5.41) is 3.04. The number of amides is 1. The smallest absolute Gasteiger partial charge is 0.253 e. The number of anilines is 1. The maximum Gasteiger partial charge on any atom is 0.253 e. The molecule has 4 heterocycles. The second-order valence-electron chi connectivity index (χ2n) is 7.86. The average Bonchev–Trinajstić information content (AvgIpc) is 3.13. The van der Waals surface area contributed by atoms with Crippen molar-refractivity contribution in [3.05, 3.63) is 52.9 Å². The van der Waals surface area contributed by atoms with E-state index in [4.69, 9.17) is 9.97 Å². The fourth-order valence-corrected chi connectivity index (χ4v) is 4.30. The number of aromatic amines is 1. The Morgan fingerprint density at radius 2 is 2.04 bits per heavy atom. The lowest BCUT2D eigenvalue weighted by atomic mass is 9.91. The van der Waals surface area contributed by atoms with Crippen molar-refractivity contribution < 1.29 is 4.79 Å². The standard InChI is InChI=1S/C22H23N5O/c1-12-7-8-27(3)21-13(2)24-17-6-4-5-15(20(17)26-21)18-10-16-19(25-18)14(9-12)11-23-22(16)28/h4-7,10,14,25H,8-9,11H2,1-3H3,(H,23,28)/b12-7-/t14-/m1/s1. The van der Waals surface area contributed by atoms with Crippen LogP contribution in [-0.2, 0) is 0 Å². The van der Waals surface area contributed by atoms with E-state index in [-0.39, 0.29) is 11.8 Å². The van der Waals surface area contributed by atoms with Gasteiger partial charge in [0.1, 0.15) is 5.52 Å². The summed E-state index contributed by atoms with van der Waals surface area (Å²) in [6.45, 7) is 5.59. The molecule has 0 saturated heterocycles. The summed E-state index contributed by atoms with van der Waals surface area (Å²) >= 11 is 0. The molecule has 142 valence electrons. The van der Waals surface area contributed by atoms with Crippen LogP contribution in [-0.4, -0.2) is 41.0 Å². The molecule has 4 bridgehead atoms. The second kappa shape index (κ2) is 6.19. The molecule has 1 aromatic carbocycles. The number of aromatic nitrogens is 3. The van der Waals surface area contributed by atoms with Crippen LogP contribution in [0.2, 0.25) is 0 Å². The van der Waals surface area contributed by atoms with Crippen LogP contribution < -0.4 is 10.2 Å². The van der Waals surface area contributed by atoms with Crippen LogP contribution in [0.25, 0.3) is 22.3 Å². The van der Waals surface area contributed by atoms with Gasteiger partial charge in [-0.3, -0.25) is 4.79 Å². The highest BCUT2D eigenvalue weighted by atomic mass is 16.1. The number of para-hydroxylation sites is 1. The van der Waals surface area contributed by atoms with E-state index < -0.39 is 0 Å². The Balaban J connectivity index is 1.81. The number of allylic oxidation sites excluding steroid dienone is 1. The van der Waals surface area contributed by atoms with Crippen molar-refractivity contribution in [2.24, 2.45) is 0 Å². The van der Waals surface area contributed by atoms with Crippen LogP contribution in [0.5, 0.6) is 0 Å². The number of nitrogens with one attached hydrogen (secondary N) is 2. The van der Waals surface area contributed by atoms with Crippen molar-refractivity contribution >= 4 is 22.8 Å². The summed E-state index contributed by atoms with van der Waals surface area (Å²) in [5.41, 5.74) is 7.60. The zero-order valence-electron chi connectivity index (χ0n) is 16.3. The van der Waals surface area contributed by atoms with Gasteiger partial charge >= 0.3 is 0 Å². The molecule has 1 atom stereocenters. The van der Waals surface area contributed by atoms with E-state index in [1.165, 1.54) is 5.57 Å². The maximum absolute atomic E-state index is 12.5. The van der Waals surface area contributed by atoms with Gasteiger partial charge in [-0.15, -0.1) is 0 Å². The Bertz CT molecular complexity index is 1140. The van der Waals surface area contributed by atoms with Gasteiger partial charge in [-0.25, -0.2) is 9.97 Å². The van der Waals surface area contributed by atoms with E-state index in [2.05, 4.69) is 35.2 Å². The number of benzene rings is 1. The molecule has 0 fully saturated rings. The molecule has 0 spiro atoms. The number of rotatable bonds is 0. The van der Waals surface area contributed by atoms with Gasteiger partial charge in [0.2, 0.25) is 0 Å². The summed E-state index contributed by atoms with van der Waals surface area (Å²) in [7, 11) is 2.06. The zero-order valence-corrected chi connectivity index (χ0v) is 16.3. The fraction of sp³-hybridized carbons (Fsp3) is 0.318. The minimum atomic E-state index is -0.00920. The first-order valence-electron chi connectivity index (χ1n) is 9.67. The zero-order chi connectivity index (χ0) is 19.4. The highest BCUT2D eigenvalue weighted by molar-refractivity contribution is 6.00. The molecule has 0 aliphatic carbocycles. The maximum atomic E-state index is 12.5. The monoisotopic (exact) mass is 373 g/mol. The number of likely N-dealkylation sites (N-methyl/N-ethyl adjacent to an activating group) is 1. The van der Waals surface area contributed by atoms with Gasteiger partial charge in [0.05, 0.1) is 16.8 Å². The van der Waals surface area contributed by atoms with E-state index >= 15 is 0 Å². The molecular weight excluding hydrogens is 350 g/mol. The summed E-state index contributed by atoms with van der Waals surface area (Å²) in [6.07, 6.45) is 3.16. The predicted octanol–water partition coefficient (Wildman–Crippen LogP) is 3.55. The number of hydrogen-bond donors (Lipinski definition) is 2. The topological polar surface area (TPSA) is 73.9 Å². The molecule has 6 heteroatoms. The van der Waals surface area contributed by atoms with Crippen LogP contribution in [0.3, 0.4) is 0 Å². The highest BCUT2D eigenvalue weighted by Crippen LogP contribution is 2.35. The Hall–Kier alpha value is -3.15. The SMILES string of the molecule is C/C1=C/CN(C)c2nc3c(cccc3nc2C)-c2cc3c([nH]2)[C@@H](CNC3=O)C1. The van der Waals surface area contributed by atoms with Gasteiger partial charge in [-0.05, 0) is 32.4 Å². The van der Waals surface area contributed by atoms with Gasteiger partial charge < -0.3 is 15.2 Å². The minimum absolute atomic E-state index is 0.00920. The van der Waals surface area contributed by atoms with Crippen LogP contribution in [0, 0.1) is 6.92 Å². The number of hydrogen-bond acceptors (Lipinski definition) is 4. The Morgan fingerprint density at radius 3 is 2.89 bits per heavy atom. The van der Waals surface area contributed by atoms with Crippen LogP contribution in [0.1, 0.15) is 41.0 Å². The molecule has 2 N–H and O–H groups in total. The van der Waals surface area contributed by atoms with Gasteiger partial charge in [0, 0.05) is 43.0 Å². The van der Waals surface area contributed by atoms with Crippen molar-refractivity contribution in [1.82, 2.24) is 20.3 Å². The molecule has 0 saturated carbocycles. The number of aryl methyl sites for hydroxylation is 1. The first-order chi connectivity index (χ1) is 13.5. The van der Waals surface area contributed by atoms with Crippen LogP contribution in [0.15, 0.2) is 35.9 Å². The first-order valence-corrected chi connectivity index (χ1v) is 9.67. The Morgan fingerprint density at radius 1 is 1.18 bits per heavy atom. The molecule has 0 unspecified atom stereocenters.